The quantitative estimate of drug-likeness (QED) is 0.401. The molecular weight excluding hydrogens is 424 g/mol. The second kappa shape index (κ2) is 9.22. The summed E-state index contributed by atoms with van der Waals surface area (Å²) < 4.78 is 13.3. The molecule has 23 heavy (non-hydrogen) atoms. The van der Waals surface area contributed by atoms with Crippen LogP contribution in [0.2, 0.25) is 0 Å². The Bertz CT molecular complexity index is 627. The van der Waals surface area contributed by atoms with Crippen LogP contribution < -0.4 is 11.1 Å². The molecular formula is C17H23FIN3S. The summed E-state index contributed by atoms with van der Waals surface area (Å²) in [6, 6.07) is 10.8. The lowest BCUT2D eigenvalue weighted by Crippen LogP contribution is -2.35. The first-order chi connectivity index (χ1) is 10.5. The number of rotatable bonds is 6. The van der Waals surface area contributed by atoms with Crippen LogP contribution in [0.4, 0.5) is 4.39 Å². The summed E-state index contributed by atoms with van der Waals surface area (Å²) in [7, 11) is 0. The van der Waals surface area contributed by atoms with Gasteiger partial charge in [-0.1, -0.05) is 32.0 Å². The molecule has 3 nitrogen and oxygen atoms in total. The van der Waals surface area contributed by atoms with Crippen LogP contribution in [0.3, 0.4) is 0 Å². The monoisotopic (exact) mass is 447 g/mol. The highest BCUT2D eigenvalue weighted by atomic mass is 127. The molecule has 0 saturated carbocycles. The second-order valence-corrected chi connectivity index (χ2v) is 6.88. The van der Waals surface area contributed by atoms with E-state index in [1.807, 2.05) is 26.0 Å². The first-order valence-corrected chi connectivity index (χ1v) is 8.17. The molecule has 2 aromatic rings. The molecule has 1 aromatic heterocycles. The molecule has 0 radical (unpaired) electrons. The summed E-state index contributed by atoms with van der Waals surface area (Å²) in [6.07, 6.45) is 0.932. The van der Waals surface area contributed by atoms with Crippen LogP contribution in [-0.2, 0) is 11.8 Å². The molecule has 1 heterocycles. The number of nitrogens with two attached hydrogens (primary N) is 1. The average Bonchev–Trinajstić information content (AvgIpc) is 2.99. The standard InChI is InChI=1S/C17H22FN3S.HI/c1-17(2,13-5-3-6-14(18)11-13)12-21-16(19)20-9-8-15-7-4-10-22-15;/h3-7,10-11H,8-9,12H2,1-2H3,(H3,19,20,21);1H. The molecule has 0 amide bonds. The molecule has 0 aliphatic carbocycles. The van der Waals surface area contributed by atoms with Gasteiger partial charge >= 0.3 is 0 Å². The highest BCUT2D eigenvalue weighted by Crippen LogP contribution is 2.23. The summed E-state index contributed by atoms with van der Waals surface area (Å²) in [5, 5.41) is 5.18. The average molecular weight is 447 g/mol. The Hall–Kier alpha value is -1.15. The smallest absolute Gasteiger partial charge is 0.188 e. The lowest BCUT2D eigenvalue weighted by atomic mass is 9.85. The van der Waals surface area contributed by atoms with Crippen molar-refractivity contribution in [1.29, 1.82) is 0 Å². The Balaban J connectivity index is 0.00000264. The molecule has 0 spiro atoms. The van der Waals surface area contributed by atoms with Gasteiger partial charge in [0.1, 0.15) is 5.82 Å². The van der Waals surface area contributed by atoms with Gasteiger partial charge in [0.2, 0.25) is 0 Å². The van der Waals surface area contributed by atoms with Gasteiger partial charge in [-0.15, -0.1) is 35.3 Å². The van der Waals surface area contributed by atoms with Crippen molar-refractivity contribution in [1.82, 2.24) is 5.32 Å². The Morgan fingerprint density at radius 2 is 2.09 bits per heavy atom. The first-order valence-electron chi connectivity index (χ1n) is 7.29. The molecule has 6 heteroatoms. The Morgan fingerprint density at radius 3 is 2.74 bits per heavy atom. The van der Waals surface area contributed by atoms with Gasteiger partial charge in [0, 0.05) is 16.8 Å². The Labute approximate surface area is 158 Å². The van der Waals surface area contributed by atoms with Gasteiger partial charge in [-0.2, -0.15) is 0 Å². The summed E-state index contributed by atoms with van der Waals surface area (Å²) >= 11 is 1.73. The van der Waals surface area contributed by atoms with Crippen LogP contribution in [0.1, 0.15) is 24.3 Å². The molecule has 3 N–H and O–H groups in total. The van der Waals surface area contributed by atoms with Crippen LogP contribution in [-0.4, -0.2) is 19.0 Å². The topological polar surface area (TPSA) is 50.4 Å². The highest BCUT2D eigenvalue weighted by Gasteiger charge is 2.20. The van der Waals surface area contributed by atoms with E-state index >= 15 is 0 Å². The summed E-state index contributed by atoms with van der Waals surface area (Å²) in [6.45, 7) is 5.33. The summed E-state index contributed by atoms with van der Waals surface area (Å²) in [4.78, 5) is 5.70. The molecule has 0 aliphatic rings. The highest BCUT2D eigenvalue weighted by molar-refractivity contribution is 14.0. The summed E-state index contributed by atoms with van der Waals surface area (Å²) in [5.74, 6) is 0.206. The third-order valence-electron chi connectivity index (χ3n) is 3.51. The SMILES string of the molecule is CC(C)(CN=C(N)NCCc1cccs1)c1cccc(F)c1.I. The van der Waals surface area contributed by atoms with E-state index in [9.17, 15) is 4.39 Å². The molecule has 2 rings (SSSR count). The number of nitrogens with zero attached hydrogens (tertiary/aromatic N) is 1. The minimum Gasteiger partial charge on any atom is -0.370 e. The number of thiophene rings is 1. The van der Waals surface area contributed by atoms with E-state index < -0.39 is 0 Å². The fraction of sp³-hybridized carbons (Fsp3) is 0.353. The van der Waals surface area contributed by atoms with Gasteiger partial charge in [0.25, 0.3) is 0 Å². The van der Waals surface area contributed by atoms with E-state index in [-0.39, 0.29) is 35.2 Å². The summed E-state index contributed by atoms with van der Waals surface area (Å²) in [5.41, 5.74) is 6.55. The van der Waals surface area contributed by atoms with Crippen molar-refractivity contribution in [3.63, 3.8) is 0 Å². The van der Waals surface area contributed by atoms with E-state index in [1.54, 1.807) is 23.5 Å². The van der Waals surface area contributed by atoms with Gasteiger partial charge in [-0.25, -0.2) is 4.39 Å². The van der Waals surface area contributed by atoms with Crippen molar-refractivity contribution in [2.24, 2.45) is 10.7 Å². The molecule has 0 fully saturated rings. The fourth-order valence-electron chi connectivity index (χ4n) is 2.11. The number of hydrogen-bond acceptors (Lipinski definition) is 2. The maximum Gasteiger partial charge on any atom is 0.188 e. The number of guanidine groups is 1. The van der Waals surface area contributed by atoms with E-state index in [2.05, 4.69) is 21.8 Å². The number of aliphatic imine (C=N–C) groups is 1. The minimum atomic E-state index is -0.262. The van der Waals surface area contributed by atoms with Crippen molar-refractivity contribution >= 4 is 41.3 Å². The maximum absolute atomic E-state index is 13.3. The van der Waals surface area contributed by atoms with Gasteiger partial charge in [0.15, 0.2) is 5.96 Å². The first kappa shape index (κ1) is 19.9. The lowest BCUT2D eigenvalue weighted by Gasteiger charge is -2.23. The minimum absolute atomic E-state index is 0. The molecule has 0 atom stereocenters. The van der Waals surface area contributed by atoms with Crippen LogP contribution in [0.5, 0.6) is 0 Å². The van der Waals surface area contributed by atoms with Crippen LogP contribution in [0, 0.1) is 5.82 Å². The molecule has 0 bridgehead atoms. The van der Waals surface area contributed by atoms with E-state index in [0.717, 1.165) is 18.5 Å². The number of hydrogen-bond donors (Lipinski definition) is 2. The van der Waals surface area contributed by atoms with E-state index in [1.165, 1.54) is 10.9 Å². The van der Waals surface area contributed by atoms with Crippen molar-refractivity contribution < 1.29 is 4.39 Å². The normalized spacial score (nSPS) is 11.9. The number of benzene rings is 1. The van der Waals surface area contributed by atoms with Crippen molar-refractivity contribution in [3.8, 4) is 0 Å². The molecule has 0 aliphatic heterocycles. The molecule has 1 aromatic carbocycles. The van der Waals surface area contributed by atoms with E-state index in [0.29, 0.717) is 12.5 Å². The largest absolute Gasteiger partial charge is 0.370 e. The predicted molar refractivity (Wildman–Crippen MR) is 107 cm³/mol. The predicted octanol–water partition coefficient (Wildman–Crippen LogP) is 3.93. The number of halogens is 2. The molecule has 0 saturated heterocycles. The van der Waals surface area contributed by atoms with Crippen LogP contribution in [0.15, 0.2) is 46.8 Å². The lowest BCUT2D eigenvalue weighted by molar-refractivity contribution is 0.530. The molecule has 126 valence electrons. The van der Waals surface area contributed by atoms with Gasteiger partial charge in [-0.05, 0) is 35.6 Å². The second-order valence-electron chi connectivity index (χ2n) is 5.85. The zero-order valence-corrected chi connectivity index (χ0v) is 16.5. The van der Waals surface area contributed by atoms with Gasteiger partial charge in [0.05, 0.1) is 6.54 Å². The van der Waals surface area contributed by atoms with Crippen LogP contribution in [0.25, 0.3) is 0 Å². The maximum atomic E-state index is 13.3. The Morgan fingerprint density at radius 1 is 1.30 bits per heavy atom. The molecule has 0 unspecified atom stereocenters. The third kappa shape index (κ3) is 6.47. The van der Waals surface area contributed by atoms with Crippen molar-refractivity contribution in [2.45, 2.75) is 25.7 Å². The fourth-order valence-corrected chi connectivity index (χ4v) is 2.82. The number of nitrogens with one attached hydrogen (secondary N) is 1. The zero-order chi connectivity index (χ0) is 16.0. The zero-order valence-electron chi connectivity index (χ0n) is 13.4. The van der Waals surface area contributed by atoms with Gasteiger partial charge in [-0.3, -0.25) is 4.99 Å². The van der Waals surface area contributed by atoms with Crippen molar-refractivity contribution in [2.75, 3.05) is 13.1 Å². The van der Waals surface area contributed by atoms with Crippen molar-refractivity contribution in [3.05, 3.63) is 58.0 Å². The van der Waals surface area contributed by atoms with Crippen LogP contribution >= 0.6 is 35.3 Å². The van der Waals surface area contributed by atoms with E-state index in [4.69, 9.17) is 5.73 Å². The van der Waals surface area contributed by atoms with Gasteiger partial charge < -0.3 is 11.1 Å². The Kier molecular flexibility index (Phi) is 7.98. The third-order valence-corrected chi connectivity index (χ3v) is 4.44.